The number of aromatic carboxylic acids is 1. The Kier molecular flexibility index (Phi) is 3.15. The van der Waals surface area contributed by atoms with Crippen molar-refractivity contribution >= 4 is 17.6 Å². The molecule has 2 aromatic rings. The third kappa shape index (κ3) is 2.65. The van der Waals surface area contributed by atoms with Gasteiger partial charge >= 0.3 is 5.97 Å². The minimum atomic E-state index is -1.04. The van der Waals surface area contributed by atoms with Crippen LogP contribution < -0.4 is 0 Å². The van der Waals surface area contributed by atoms with Crippen LogP contribution >= 0.6 is 11.6 Å². The summed E-state index contributed by atoms with van der Waals surface area (Å²) in [6.07, 6.45) is 1.54. The maximum Gasteiger partial charge on any atom is 0.352 e. The van der Waals surface area contributed by atoms with Crippen LogP contribution in [0.25, 0.3) is 0 Å². The smallest absolute Gasteiger partial charge is 0.352 e. The van der Waals surface area contributed by atoms with Crippen molar-refractivity contribution in [3.05, 3.63) is 58.6 Å². The van der Waals surface area contributed by atoms with E-state index in [2.05, 4.69) is 0 Å². The molecular weight excluding hydrogens is 245 g/mol. The van der Waals surface area contributed by atoms with Crippen LogP contribution in [0.3, 0.4) is 0 Å². The second-order valence-electron chi connectivity index (χ2n) is 3.60. The van der Waals surface area contributed by atoms with E-state index in [0.717, 1.165) is 5.56 Å². The van der Waals surface area contributed by atoms with Gasteiger partial charge in [-0.2, -0.15) is 0 Å². The molecule has 0 unspecified atom stereocenters. The van der Waals surface area contributed by atoms with Crippen LogP contribution in [0.4, 0.5) is 4.39 Å². The van der Waals surface area contributed by atoms with Crippen LogP contribution in [0.2, 0.25) is 5.02 Å². The van der Waals surface area contributed by atoms with Gasteiger partial charge in [-0.05, 0) is 23.8 Å². The lowest BCUT2D eigenvalue weighted by atomic mass is 10.2. The van der Waals surface area contributed by atoms with Gasteiger partial charge < -0.3 is 9.67 Å². The topological polar surface area (TPSA) is 42.2 Å². The van der Waals surface area contributed by atoms with Gasteiger partial charge in [0, 0.05) is 12.7 Å². The molecule has 3 nitrogen and oxygen atoms in total. The Morgan fingerprint density at radius 1 is 1.35 bits per heavy atom. The summed E-state index contributed by atoms with van der Waals surface area (Å²) >= 11 is 5.76. The number of nitrogens with zero attached hydrogens (tertiary/aromatic N) is 1. The lowest BCUT2D eigenvalue weighted by molar-refractivity contribution is 0.0685. The number of hydrogen-bond acceptors (Lipinski definition) is 1. The minimum absolute atomic E-state index is 0.110. The van der Waals surface area contributed by atoms with E-state index in [1.165, 1.54) is 29.0 Å². The zero-order chi connectivity index (χ0) is 12.4. The Balaban J connectivity index is 2.29. The molecule has 0 saturated carbocycles. The van der Waals surface area contributed by atoms with Gasteiger partial charge in [0.15, 0.2) is 0 Å². The van der Waals surface area contributed by atoms with E-state index in [4.69, 9.17) is 16.7 Å². The Morgan fingerprint density at radius 2 is 2.00 bits per heavy atom. The Bertz CT molecular complexity index is 548. The average molecular weight is 254 g/mol. The lowest BCUT2D eigenvalue weighted by Crippen LogP contribution is -2.08. The molecule has 5 heteroatoms. The number of carbonyl (C=O) groups is 1. The molecule has 1 aromatic heterocycles. The first-order valence-electron chi connectivity index (χ1n) is 4.89. The number of aromatic nitrogens is 1. The van der Waals surface area contributed by atoms with Crippen LogP contribution in [-0.2, 0) is 6.54 Å². The van der Waals surface area contributed by atoms with Crippen molar-refractivity contribution in [1.29, 1.82) is 0 Å². The molecule has 1 N–H and O–H groups in total. The Morgan fingerprint density at radius 3 is 2.59 bits per heavy atom. The van der Waals surface area contributed by atoms with Crippen molar-refractivity contribution in [1.82, 2.24) is 4.57 Å². The van der Waals surface area contributed by atoms with Crippen LogP contribution in [0.15, 0.2) is 36.5 Å². The second kappa shape index (κ2) is 4.59. The molecule has 2 rings (SSSR count). The van der Waals surface area contributed by atoms with Crippen molar-refractivity contribution < 1.29 is 14.3 Å². The van der Waals surface area contributed by atoms with Gasteiger partial charge in [0.2, 0.25) is 0 Å². The number of halogens is 2. The summed E-state index contributed by atoms with van der Waals surface area (Å²) in [5, 5.41) is 9.33. The molecule has 1 aromatic carbocycles. The quantitative estimate of drug-likeness (QED) is 0.914. The van der Waals surface area contributed by atoms with E-state index in [1.807, 2.05) is 0 Å². The number of rotatable bonds is 3. The lowest BCUT2D eigenvalue weighted by Gasteiger charge is -2.06. The van der Waals surface area contributed by atoms with Gasteiger partial charge in [-0.3, -0.25) is 0 Å². The predicted octanol–water partition coefficient (Wildman–Crippen LogP) is 3.03. The summed E-state index contributed by atoms with van der Waals surface area (Å²) in [4.78, 5) is 10.9. The highest BCUT2D eigenvalue weighted by molar-refractivity contribution is 6.30. The highest BCUT2D eigenvalue weighted by Crippen LogP contribution is 2.16. The van der Waals surface area contributed by atoms with Crippen molar-refractivity contribution in [3.63, 3.8) is 0 Å². The molecule has 0 bridgehead atoms. The normalized spacial score (nSPS) is 10.5. The molecule has 88 valence electrons. The van der Waals surface area contributed by atoms with Crippen molar-refractivity contribution in [3.8, 4) is 0 Å². The van der Waals surface area contributed by atoms with Crippen LogP contribution in [0, 0.1) is 5.82 Å². The number of benzene rings is 1. The molecule has 1 heterocycles. The van der Waals surface area contributed by atoms with Gasteiger partial charge in [0.1, 0.15) is 11.5 Å². The summed E-state index contributed by atoms with van der Waals surface area (Å²) in [6.45, 7) is 0.342. The average Bonchev–Trinajstić information content (AvgIpc) is 2.63. The largest absolute Gasteiger partial charge is 0.477 e. The van der Waals surface area contributed by atoms with Gasteiger partial charge in [-0.25, -0.2) is 9.18 Å². The first-order valence-corrected chi connectivity index (χ1v) is 5.27. The molecule has 17 heavy (non-hydrogen) atoms. The molecule has 0 spiro atoms. The highest BCUT2D eigenvalue weighted by atomic mass is 35.5. The Labute approximate surface area is 102 Å². The summed E-state index contributed by atoms with van der Waals surface area (Å²) in [6, 6.07) is 7.26. The van der Waals surface area contributed by atoms with Gasteiger partial charge in [-0.1, -0.05) is 23.7 Å². The summed E-state index contributed by atoms with van der Waals surface area (Å²) < 4.78 is 14.2. The van der Waals surface area contributed by atoms with Gasteiger partial charge in [-0.15, -0.1) is 0 Å². The molecule has 0 saturated heterocycles. The van der Waals surface area contributed by atoms with Crippen molar-refractivity contribution in [2.75, 3.05) is 0 Å². The molecule has 0 aliphatic rings. The fraction of sp³-hybridized carbons (Fsp3) is 0.0833. The summed E-state index contributed by atoms with van der Waals surface area (Å²) in [5.41, 5.74) is 0.917. The monoisotopic (exact) mass is 253 g/mol. The van der Waals surface area contributed by atoms with E-state index in [1.54, 1.807) is 12.1 Å². The fourth-order valence-electron chi connectivity index (χ4n) is 1.57. The molecule has 0 amide bonds. The second-order valence-corrected chi connectivity index (χ2v) is 4.04. The summed E-state index contributed by atoms with van der Waals surface area (Å²) in [7, 11) is 0. The van der Waals surface area contributed by atoms with E-state index >= 15 is 0 Å². The van der Waals surface area contributed by atoms with Gasteiger partial charge in [0.25, 0.3) is 0 Å². The molecule has 0 radical (unpaired) electrons. The highest BCUT2D eigenvalue weighted by Gasteiger charge is 2.11. The summed E-state index contributed by atoms with van der Waals surface area (Å²) in [5.74, 6) is -1.36. The molecule has 0 aliphatic carbocycles. The van der Waals surface area contributed by atoms with Crippen molar-refractivity contribution in [2.45, 2.75) is 6.54 Å². The fourth-order valence-corrected chi connectivity index (χ4v) is 1.79. The van der Waals surface area contributed by atoms with E-state index in [-0.39, 0.29) is 11.5 Å². The maximum atomic E-state index is 12.7. The Hall–Kier alpha value is -1.81. The predicted molar refractivity (Wildman–Crippen MR) is 61.9 cm³/mol. The third-order valence-corrected chi connectivity index (χ3v) is 2.56. The van der Waals surface area contributed by atoms with Crippen molar-refractivity contribution in [2.24, 2.45) is 0 Å². The first-order chi connectivity index (χ1) is 8.06. The zero-order valence-electron chi connectivity index (χ0n) is 8.73. The number of carboxylic acid groups (broad SMARTS) is 1. The van der Waals surface area contributed by atoms with Crippen LogP contribution in [0.1, 0.15) is 16.1 Å². The van der Waals surface area contributed by atoms with E-state index in [9.17, 15) is 9.18 Å². The minimum Gasteiger partial charge on any atom is -0.477 e. The van der Waals surface area contributed by atoms with Crippen LogP contribution in [0.5, 0.6) is 0 Å². The maximum absolute atomic E-state index is 12.7. The molecular formula is C12H9ClFNO2. The van der Waals surface area contributed by atoms with Gasteiger partial charge in [0.05, 0.1) is 5.02 Å². The van der Waals surface area contributed by atoms with E-state index < -0.39 is 5.97 Å². The van der Waals surface area contributed by atoms with Crippen LogP contribution in [-0.4, -0.2) is 15.6 Å². The third-order valence-electron chi connectivity index (χ3n) is 2.35. The molecule has 0 atom stereocenters. The van der Waals surface area contributed by atoms with E-state index in [0.29, 0.717) is 11.6 Å². The zero-order valence-corrected chi connectivity index (χ0v) is 9.49. The number of hydrogen-bond donors (Lipinski definition) is 1. The SMILES string of the molecule is O=C(O)c1cc(Cl)cn1Cc1ccc(F)cc1. The number of carboxylic acids is 1. The first kappa shape index (κ1) is 11.7. The molecule has 0 aliphatic heterocycles. The molecule has 0 fully saturated rings. The standard InChI is InChI=1S/C12H9ClFNO2/c13-9-5-11(12(16)17)15(7-9)6-8-1-3-10(14)4-2-8/h1-5,7H,6H2,(H,16,17).